The monoisotopic (exact) mass is 414 g/mol. The molecule has 0 spiro atoms. The first kappa shape index (κ1) is 23.8. The van der Waals surface area contributed by atoms with E-state index in [1.807, 2.05) is 32.5 Å². The highest BCUT2D eigenvalue weighted by Crippen LogP contribution is 2.48. The summed E-state index contributed by atoms with van der Waals surface area (Å²) in [6.07, 6.45) is 6.05. The van der Waals surface area contributed by atoms with E-state index >= 15 is 0 Å². The number of hydrogen-bond acceptors (Lipinski definition) is 3. The van der Waals surface area contributed by atoms with Crippen LogP contribution in [0.15, 0.2) is 40.3 Å². The molecule has 0 amide bonds. The van der Waals surface area contributed by atoms with Gasteiger partial charge in [-0.05, 0) is 61.3 Å². The smallest absolute Gasteiger partial charge is 0.138 e. The van der Waals surface area contributed by atoms with Crippen molar-refractivity contribution in [3.63, 3.8) is 0 Å². The largest absolute Gasteiger partial charge is 0.496 e. The molecule has 29 heavy (non-hydrogen) atoms. The lowest BCUT2D eigenvalue weighted by Crippen LogP contribution is -2.27. The van der Waals surface area contributed by atoms with E-state index in [2.05, 4.69) is 52.0 Å². The summed E-state index contributed by atoms with van der Waals surface area (Å²) < 4.78 is 5.47. The van der Waals surface area contributed by atoms with E-state index in [1.165, 1.54) is 27.2 Å². The molecule has 0 atom stereocenters. The quantitative estimate of drug-likeness (QED) is 0.443. The van der Waals surface area contributed by atoms with Gasteiger partial charge in [0.05, 0.1) is 7.11 Å². The number of carbonyl (C=O) groups is 1. The Labute approximate surface area is 182 Å². The van der Waals surface area contributed by atoms with Crippen molar-refractivity contribution in [2.24, 2.45) is 5.41 Å². The van der Waals surface area contributed by atoms with Gasteiger partial charge in [-0.1, -0.05) is 57.9 Å². The summed E-state index contributed by atoms with van der Waals surface area (Å²) in [7, 11) is 1.73. The van der Waals surface area contributed by atoms with Crippen molar-refractivity contribution in [3.8, 4) is 5.75 Å². The molecule has 1 heterocycles. The third-order valence-corrected chi connectivity index (χ3v) is 7.74. The SMILES string of the molecule is CCC(CC)(C1=CC(C)=C(CCC(=O)C(C)(C)C)CS1)c1ccc(OC)c(C)c1. The molecule has 0 radical (unpaired) electrons. The maximum Gasteiger partial charge on any atom is 0.138 e. The Hall–Kier alpha value is -1.48. The van der Waals surface area contributed by atoms with Crippen LogP contribution in [0.2, 0.25) is 0 Å². The van der Waals surface area contributed by atoms with E-state index in [-0.39, 0.29) is 10.8 Å². The lowest BCUT2D eigenvalue weighted by molar-refractivity contribution is -0.126. The van der Waals surface area contributed by atoms with Crippen LogP contribution in [-0.4, -0.2) is 18.6 Å². The first-order chi connectivity index (χ1) is 13.6. The molecule has 1 aromatic rings. The molecule has 0 aliphatic carbocycles. The third-order valence-electron chi connectivity index (χ3n) is 6.42. The molecule has 0 bridgehead atoms. The Morgan fingerprint density at radius 1 is 1.14 bits per heavy atom. The number of ketones is 1. The summed E-state index contributed by atoms with van der Waals surface area (Å²) in [5.74, 6) is 2.29. The number of methoxy groups -OCH3 is 1. The number of ether oxygens (including phenoxy) is 1. The molecule has 0 saturated carbocycles. The minimum atomic E-state index is -0.247. The highest BCUT2D eigenvalue weighted by atomic mass is 32.2. The number of thioether (sulfide) groups is 1. The maximum absolute atomic E-state index is 12.3. The molecular formula is C26H38O2S. The predicted molar refractivity (Wildman–Crippen MR) is 127 cm³/mol. The zero-order valence-corrected chi connectivity index (χ0v) is 20.4. The average Bonchev–Trinajstić information content (AvgIpc) is 2.68. The van der Waals surface area contributed by atoms with Crippen molar-refractivity contribution in [1.29, 1.82) is 0 Å². The van der Waals surface area contributed by atoms with Crippen LogP contribution in [0.3, 0.4) is 0 Å². The fourth-order valence-electron chi connectivity index (χ4n) is 4.13. The van der Waals surface area contributed by atoms with Gasteiger partial charge in [-0.3, -0.25) is 4.79 Å². The maximum atomic E-state index is 12.3. The number of benzene rings is 1. The second-order valence-corrected chi connectivity index (χ2v) is 10.2. The predicted octanol–water partition coefficient (Wildman–Crippen LogP) is 7.40. The van der Waals surface area contributed by atoms with Crippen LogP contribution in [0.5, 0.6) is 5.75 Å². The highest BCUT2D eigenvalue weighted by molar-refractivity contribution is 8.03. The second-order valence-electron chi connectivity index (χ2n) is 9.23. The van der Waals surface area contributed by atoms with Gasteiger partial charge in [0.1, 0.15) is 11.5 Å². The molecule has 160 valence electrons. The van der Waals surface area contributed by atoms with Crippen molar-refractivity contribution in [2.75, 3.05) is 12.9 Å². The summed E-state index contributed by atoms with van der Waals surface area (Å²) in [6, 6.07) is 6.63. The Morgan fingerprint density at radius 2 is 1.79 bits per heavy atom. The van der Waals surface area contributed by atoms with Crippen molar-refractivity contribution in [3.05, 3.63) is 51.5 Å². The van der Waals surface area contributed by atoms with Gasteiger partial charge >= 0.3 is 0 Å². The normalized spacial score (nSPS) is 15.4. The molecule has 0 N–H and O–H groups in total. The fourth-order valence-corrected chi connectivity index (χ4v) is 5.77. The third kappa shape index (κ3) is 5.17. The van der Waals surface area contributed by atoms with Crippen LogP contribution in [0.1, 0.15) is 78.4 Å². The van der Waals surface area contributed by atoms with Gasteiger partial charge in [-0.25, -0.2) is 0 Å². The zero-order valence-electron chi connectivity index (χ0n) is 19.6. The molecule has 1 aliphatic rings. The number of carbonyl (C=O) groups excluding carboxylic acids is 1. The molecule has 0 unspecified atom stereocenters. The van der Waals surface area contributed by atoms with Crippen LogP contribution in [0.4, 0.5) is 0 Å². The Bertz CT molecular complexity index is 804. The zero-order chi connectivity index (χ0) is 21.8. The van der Waals surface area contributed by atoms with E-state index < -0.39 is 0 Å². The van der Waals surface area contributed by atoms with E-state index in [0.717, 1.165) is 30.8 Å². The van der Waals surface area contributed by atoms with Crippen molar-refractivity contribution in [1.82, 2.24) is 0 Å². The van der Waals surface area contributed by atoms with E-state index in [9.17, 15) is 4.79 Å². The standard InChI is InChI=1S/C26H38O2S/c1-9-26(10-2,21-12-13-22(28-8)19(4)15-21)24-16-18(3)20(17-29-24)11-14-23(27)25(5,6)7/h12-13,15-16H,9-11,14,17H2,1-8H3. The molecule has 2 nitrogen and oxygen atoms in total. The summed E-state index contributed by atoms with van der Waals surface area (Å²) in [5, 5.41) is 0. The van der Waals surface area contributed by atoms with Crippen molar-refractivity contribution < 1.29 is 9.53 Å². The van der Waals surface area contributed by atoms with Gasteiger partial charge in [0.2, 0.25) is 0 Å². The van der Waals surface area contributed by atoms with Gasteiger partial charge < -0.3 is 4.74 Å². The molecule has 0 fully saturated rings. The van der Waals surface area contributed by atoms with Crippen LogP contribution < -0.4 is 4.74 Å². The Kier molecular flexibility index (Phi) is 7.84. The van der Waals surface area contributed by atoms with Gasteiger partial charge in [-0.15, -0.1) is 11.8 Å². The molecule has 0 aromatic heterocycles. The van der Waals surface area contributed by atoms with Gasteiger partial charge in [-0.2, -0.15) is 0 Å². The molecule has 1 aliphatic heterocycles. The van der Waals surface area contributed by atoms with Crippen LogP contribution in [0, 0.1) is 12.3 Å². The molecule has 2 rings (SSSR count). The van der Waals surface area contributed by atoms with Gasteiger partial charge in [0, 0.05) is 23.0 Å². The Morgan fingerprint density at radius 3 is 2.28 bits per heavy atom. The number of hydrogen-bond donors (Lipinski definition) is 0. The lowest BCUT2D eigenvalue weighted by atomic mass is 9.74. The minimum absolute atomic E-state index is 0.0374. The first-order valence-electron chi connectivity index (χ1n) is 10.8. The molecular weight excluding hydrogens is 376 g/mol. The number of allylic oxidation sites excluding steroid dienone is 3. The topological polar surface area (TPSA) is 26.3 Å². The van der Waals surface area contributed by atoms with E-state index in [1.54, 1.807) is 7.11 Å². The summed E-state index contributed by atoms with van der Waals surface area (Å²) in [6.45, 7) is 15.0. The van der Waals surface area contributed by atoms with Gasteiger partial charge in [0.25, 0.3) is 0 Å². The van der Waals surface area contributed by atoms with Gasteiger partial charge in [0.15, 0.2) is 0 Å². The average molecular weight is 415 g/mol. The van der Waals surface area contributed by atoms with E-state index in [0.29, 0.717) is 12.2 Å². The van der Waals surface area contributed by atoms with E-state index in [4.69, 9.17) is 4.74 Å². The Balaban J connectivity index is 2.34. The first-order valence-corrected chi connectivity index (χ1v) is 11.8. The molecule has 3 heteroatoms. The summed E-state index contributed by atoms with van der Waals surface area (Å²) in [4.78, 5) is 13.8. The van der Waals surface area contributed by atoms with Crippen LogP contribution >= 0.6 is 11.8 Å². The van der Waals surface area contributed by atoms with Crippen LogP contribution in [0.25, 0.3) is 0 Å². The minimum Gasteiger partial charge on any atom is -0.496 e. The molecule has 0 saturated heterocycles. The lowest BCUT2D eigenvalue weighted by Gasteiger charge is -2.37. The van der Waals surface area contributed by atoms with Crippen LogP contribution in [-0.2, 0) is 10.2 Å². The number of rotatable bonds is 8. The fraction of sp³-hybridized carbons (Fsp3) is 0.577. The molecule has 1 aromatic carbocycles. The van der Waals surface area contributed by atoms with Crippen molar-refractivity contribution >= 4 is 17.5 Å². The number of Topliss-reactive ketones (excluding diaryl/α,β-unsaturated/α-hetero) is 1. The summed E-state index contributed by atoms with van der Waals surface area (Å²) >= 11 is 1.96. The summed E-state index contributed by atoms with van der Waals surface area (Å²) in [5.41, 5.74) is 5.11. The second kappa shape index (κ2) is 9.55. The van der Waals surface area contributed by atoms with Crippen molar-refractivity contribution in [2.45, 2.75) is 79.6 Å². The highest BCUT2D eigenvalue weighted by Gasteiger charge is 2.35. The number of aryl methyl sites for hydroxylation is 1.